The van der Waals surface area contributed by atoms with E-state index in [0.717, 1.165) is 62.2 Å². The number of carbonyl (C=O) groups is 2. The second-order valence-electron chi connectivity index (χ2n) is 9.49. The normalized spacial score (nSPS) is 19.5. The first-order valence-corrected chi connectivity index (χ1v) is 12.1. The van der Waals surface area contributed by atoms with E-state index in [1.165, 1.54) is 0 Å². The van der Waals surface area contributed by atoms with Crippen LogP contribution in [0.2, 0.25) is 0 Å². The number of nitrogens with zero attached hydrogens (tertiary/aromatic N) is 3. The van der Waals surface area contributed by atoms with E-state index in [1.807, 2.05) is 36.1 Å². The van der Waals surface area contributed by atoms with Gasteiger partial charge in [0, 0.05) is 75.2 Å². The van der Waals surface area contributed by atoms with E-state index in [0.29, 0.717) is 31.2 Å². The number of amides is 2. The Morgan fingerprint density at radius 3 is 2.55 bits per heavy atom. The van der Waals surface area contributed by atoms with Crippen molar-refractivity contribution in [3.63, 3.8) is 0 Å². The molecule has 3 heterocycles. The van der Waals surface area contributed by atoms with Crippen molar-refractivity contribution >= 4 is 22.7 Å². The number of fused-ring (bicyclic) bond motifs is 1. The highest BCUT2D eigenvalue weighted by molar-refractivity contribution is 5.98. The molecule has 0 spiro atoms. The molecular weight excluding hydrogens is 418 g/mol. The van der Waals surface area contributed by atoms with Gasteiger partial charge in [0.15, 0.2) is 0 Å². The van der Waals surface area contributed by atoms with Crippen LogP contribution in [0.4, 0.5) is 0 Å². The third-order valence-electron chi connectivity index (χ3n) is 7.33. The van der Waals surface area contributed by atoms with E-state index < -0.39 is 0 Å². The van der Waals surface area contributed by atoms with Gasteiger partial charge in [-0.05, 0) is 44.0 Å². The average Bonchev–Trinajstić information content (AvgIpc) is 3.27. The van der Waals surface area contributed by atoms with Crippen molar-refractivity contribution in [1.29, 1.82) is 0 Å². The molecule has 0 aliphatic carbocycles. The standard InChI is InChI=1S/C25H37N5O3/c1-18(24(31)26-8-11-29-14-12-28(2)13-15-29)19-6-9-30(10-7-19)25(32)23-16-20-4-5-21(33-3)17-22(20)27-23/h4-5,16-19,27H,6-15H2,1-3H3,(H,26,31)/t18-/m1/s1. The number of piperidine rings is 1. The molecule has 33 heavy (non-hydrogen) atoms. The summed E-state index contributed by atoms with van der Waals surface area (Å²) in [6, 6.07) is 7.66. The maximum absolute atomic E-state index is 13.0. The van der Waals surface area contributed by atoms with Gasteiger partial charge in [-0.2, -0.15) is 0 Å². The first-order chi connectivity index (χ1) is 15.9. The molecule has 2 saturated heterocycles. The van der Waals surface area contributed by atoms with Crippen molar-refractivity contribution in [2.24, 2.45) is 11.8 Å². The van der Waals surface area contributed by atoms with E-state index >= 15 is 0 Å². The SMILES string of the molecule is COc1ccc2cc(C(=O)N3CCC([C@@H](C)C(=O)NCCN4CCN(C)CC4)CC3)[nH]c2c1. The summed E-state index contributed by atoms with van der Waals surface area (Å²) in [5, 5.41) is 4.13. The zero-order chi connectivity index (χ0) is 23.4. The molecule has 180 valence electrons. The van der Waals surface area contributed by atoms with Crippen LogP contribution >= 0.6 is 0 Å². The highest BCUT2D eigenvalue weighted by atomic mass is 16.5. The van der Waals surface area contributed by atoms with Gasteiger partial charge in [0.05, 0.1) is 7.11 Å². The predicted molar refractivity (Wildman–Crippen MR) is 130 cm³/mol. The molecule has 8 heteroatoms. The topological polar surface area (TPSA) is 80.9 Å². The molecule has 2 amide bonds. The number of benzene rings is 1. The van der Waals surface area contributed by atoms with E-state index in [-0.39, 0.29) is 17.7 Å². The van der Waals surface area contributed by atoms with Gasteiger partial charge in [0.2, 0.25) is 5.91 Å². The van der Waals surface area contributed by atoms with Crippen molar-refractivity contribution in [3.05, 3.63) is 30.0 Å². The number of methoxy groups -OCH3 is 1. The number of H-pyrrole nitrogens is 1. The number of piperazine rings is 1. The predicted octanol–water partition coefficient (Wildman–Crippen LogP) is 2.03. The largest absolute Gasteiger partial charge is 0.497 e. The second kappa shape index (κ2) is 10.6. The molecule has 1 atom stereocenters. The third kappa shape index (κ3) is 5.68. The maximum atomic E-state index is 13.0. The number of carbonyl (C=O) groups excluding carboxylic acids is 2. The van der Waals surface area contributed by atoms with Gasteiger partial charge in [-0.15, -0.1) is 0 Å². The summed E-state index contributed by atoms with van der Waals surface area (Å²) >= 11 is 0. The molecule has 0 bridgehead atoms. The van der Waals surface area contributed by atoms with E-state index in [9.17, 15) is 9.59 Å². The average molecular weight is 456 g/mol. The monoisotopic (exact) mass is 455 g/mol. The molecule has 2 aromatic rings. The Hall–Kier alpha value is -2.58. The molecule has 2 aliphatic rings. The molecule has 1 aromatic carbocycles. The van der Waals surface area contributed by atoms with Crippen LogP contribution in [0.25, 0.3) is 10.9 Å². The number of likely N-dealkylation sites (N-methyl/N-ethyl adjacent to an activating group) is 1. The fraction of sp³-hybridized carbons (Fsp3) is 0.600. The first-order valence-electron chi connectivity index (χ1n) is 12.1. The van der Waals surface area contributed by atoms with Crippen molar-refractivity contribution in [2.75, 3.05) is 66.5 Å². The van der Waals surface area contributed by atoms with Gasteiger partial charge >= 0.3 is 0 Å². The molecule has 8 nitrogen and oxygen atoms in total. The van der Waals surface area contributed by atoms with Gasteiger partial charge in [-0.3, -0.25) is 14.5 Å². The lowest BCUT2D eigenvalue weighted by atomic mass is 9.84. The number of hydrogen-bond acceptors (Lipinski definition) is 5. The lowest BCUT2D eigenvalue weighted by Crippen LogP contribution is -2.48. The van der Waals surface area contributed by atoms with Gasteiger partial charge in [-0.25, -0.2) is 0 Å². The van der Waals surface area contributed by atoms with Crippen LogP contribution in [0.5, 0.6) is 5.75 Å². The Kier molecular flexibility index (Phi) is 7.55. The Morgan fingerprint density at radius 2 is 1.85 bits per heavy atom. The number of aromatic nitrogens is 1. The van der Waals surface area contributed by atoms with Gasteiger partial charge in [0.25, 0.3) is 5.91 Å². The first kappa shape index (κ1) is 23.6. The molecule has 4 rings (SSSR count). The van der Waals surface area contributed by atoms with Crippen molar-refractivity contribution in [1.82, 2.24) is 25.0 Å². The summed E-state index contributed by atoms with van der Waals surface area (Å²) in [5.41, 5.74) is 1.50. The van der Waals surface area contributed by atoms with Gasteiger partial charge in [0.1, 0.15) is 11.4 Å². The lowest BCUT2D eigenvalue weighted by Gasteiger charge is -2.34. The van der Waals surface area contributed by atoms with Gasteiger partial charge < -0.3 is 24.8 Å². The Labute approximate surface area is 196 Å². The minimum atomic E-state index is -0.0321. The molecule has 1 aromatic heterocycles. The van der Waals surface area contributed by atoms with E-state index in [4.69, 9.17) is 4.74 Å². The van der Waals surface area contributed by atoms with E-state index in [2.05, 4.69) is 27.1 Å². The molecule has 0 unspecified atom stereocenters. The molecule has 2 fully saturated rings. The van der Waals surface area contributed by atoms with E-state index in [1.54, 1.807) is 7.11 Å². The minimum absolute atomic E-state index is 0.0212. The van der Waals surface area contributed by atoms with Crippen LogP contribution in [0, 0.1) is 11.8 Å². The Balaban J connectivity index is 1.23. The number of nitrogens with one attached hydrogen (secondary N) is 2. The quantitative estimate of drug-likeness (QED) is 0.668. The van der Waals surface area contributed by atoms with Crippen LogP contribution in [0.3, 0.4) is 0 Å². The highest BCUT2D eigenvalue weighted by Gasteiger charge is 2.30. The van der Waals surface area contributed by atoms with Crippen LogP contribution in [0.1, 0.15) is 30.3 Å². The Bertz CT molecular complexity index is 958. The minimum Gasteiger partial charge on any atom is -0.497 e. The molecular formula is C25H37N5O3. The molecule has 0 radical (unpaired) electrons. The summed E-state index contributed by atoms with van der Waals surface area (Å²) in [6.45, 7) is 9.32. The lowest BCUT2D eigenvalue weighted by molar-refractivity contribution is -0.126. The number of rotatable bonds is 7. The van der Waals surface area contributed by atoms with Crippen LogP contribution < -0.4 is 10.1 Å². The van der Waals surface area contributed by atoms with Crippen molar-refractivity contribution in [3.8, 4) is 5.75 Å². The number of hydrogen-bond donors (Lipinski definition) is 2. The van der Waals surface area contributed by atoms with Crippen molar-refractivity contribution < 1.29 is 14.3 Å². The summed E-state index contributed by atoms with van der Waals surface area (Å²) in [4.78, 5) is 35.6. The second-order valence-corrected chi connectivity index (χ2v) is 9.49. The molecule has 0 saturated carbocycles. The van der Waals surface area contributed by atoms with Crippen LogP contribution in [-0.4, -0.2) is 98.0 Å². The zero-order valence-electron chi connectivity index (χ0n) is 20.1. The highest BCUT2D eigenvalue weighted by Crippen LogP contribution is 2.27. The van der Waals surface area contributed by atoms with Crippen LogP contribution in [-0.2, 0) is 4.79 Å². The zero-order valence-corrected chi connectivity index (χ0v) is 20.1. The summed E-state index contributed by atoms with van der Waals surface area (Å²) in [6.07, 6.45) is 1.71. The number of likely N-dealkylation sites (tertiary alicyclic amines) is 1. The summed E-state index contributed by atoms with van der Waals surface area (Å²) in [7, 11) is 3.78. The number of aromatic amines is 1. The fourth-order valence-corrected chi connectivity index (χ4v) is 4.91. The smallest absolute Gasteiger partial charge is 0.270 e. The summed E-state index contributed by atoms with van der Waals surface area (Å²) in [5.74, 6) is 1.20. The molecule has 2 N–H and O–H groups in total. The fourth-order valence-electron chi connectivity index (χ4n) is 4.91. The van der Waals surface area contributed by atoms with Crippen molar-refractivity contribution in [2.45, 2.75) is 19.8 Å². The molecule has 2 aliphatic heterocycles. The van der Waals surface area contributed by atoms with Crippen LogP contribution in [0.15, 0.2) is 24.3 Å². The summed E-state index contributed by atoms with van der Waals surface area (Å²) < 4.78 is 5.27. The van der Waals surface area contributed by atoms with Gasteiger partial charge in [-0.1, -0.05) is 6.92 Å². The number of ether oxygens (including phenoxy) is 1. The third-order valence-corrected chi connectivity index (χ3v) is 7.33. The maximum Gasteiger partial charge on any atom is 0.270 e. The Morgan fingerprint density at radius 1 is 1.12 bits per heavy atom.